The topological polar surface area (TPSA) is 66.4 Å². The summed E-state index contributed by atoms with van der Waals surface area (Å²) in [5.74, 6) is 0.597. The maximum absolute atomic E-state index is 12.3. The summed E-state index contributed by atoms with van der Waals surface area (Å²) in [6.07, 6.45) is 4.68. The van der Waals surface area contributed by atoms with Crippen LogP contribution in [0.3, 0.4) is 0 Å². The second-order valence-corrected chi connectivity index (χ2v) is 6.11. The van der Waals surface area contributed by atoms with Crippen molar-refractivity contribution in [3.8, 4) is 0 Å². The summed E-state index contributed by atoms with van der Waals surface area (Å²) in [5, 5.41) is 11.9. The number of carboxylic acids is 1. The van der Waals surface area contributed by atoms with Gasteiger partial charge in [0.15, 0.2) is 0 Å². The number of carbonyl (C=O) groups is 2. The Hall–Kier alpha value is -1.84. The average molecular weight is 273 g/mol. The number of fused-ring (bicyclic) bond motifs is 2. The highest BCUT2D eigenvalue weighted by atomic mass is 16.4. The molecule has 0 heterocycles. The standard InChI is InChI=1S/C16H19NO3/c1-9-6-12(16(19)20)4-5-14(9)17-15(18)13-8-10-2-3-11(13)7-10/h4-6,10-11,13H,2-3,7-8H2,1H3,(H,17,18)(H,19,20). The molecule has 2 bridgehead atoms. The van der Waals surface area contributed by atoms with E-state index in [2.05, 4.69) is 5.32 Å². The smallest absolute Gasteiger partial charge is 0.335 e. The molecule has 3 unspecified atom stereocenters. The highest BCUT2D eigenvalue weighted by Crippen LogP contribution is 2.48. The molecule has 1 aromatic rings. The first-order valence-electron chi connectivity index (χ1n) is 7.19. The SMILES string of the molecule is Cc1cc(C(=O)O)ccc1NC(=O)C1CC2CCC1C2. The molecule has 0 saturated heterocycles. The third-order valence-corrected chi connectivity index (χ3v) is 4.81. The largest absolute Gasteiger partial charge is 0.478 e. The minimum Gasteiger partial charge on any atom is -0.478 e. The quantitative estimate of drug-likeness (QED) is 0.889. The lowest BCUT2D eigenvalue weighted by molar-refractivity contribution is -0.121. The highest BCUT2D eigenvalue weighted by molar-refractivity contribution is 5.95. The summed E-state index contributed by atoms with van der Waals surface area (Å²) >= 11 is 0. The number of carbonyl (C=O) groups excluding carboxylic acids is 1. The molecule has 2 saturated carbocycles. The minimum absolute atomic E-state index is 0.100. The fourth-order valence-electron chi connectivity index (χ4n) is 3.73. The van der Waals surface area contributed by atoms with Crippen LogP contribution in [0.25, 0.3) is 0 Å². The van der Waals surface area contributed by atoms with E-state index in [9.17, 15) is 9.59 Å². The van der Waals surface area contributed by atoms with Gasteiger partial charge < -0.3 is 10.4 Å². The van der Waals surface area contributed by atoms with Gasteiger partial charge >= 0.3 is 5.97 Å². The third kappa shape index (κ3) is 2.30. The second kappa shape index (κ2) is 4.93. The molecule has 0 spiro atoms. The van der Waals surface area contributed by atoms with Gasteiger partial charge in [-0.05, 0) is 61.8 Å². The average Bonchev–Trinajstić information content (AvgIpc) is 3.03. The number of hydrogen-bond donors (Lipinski definition) is 2. The van der Waals surface area contributed by atoms with E-state index in [1.165, 1.54) is 25.3 Å². The van der Waals surface area contributed by atoms with Crippen LogP contribution in [0.4, 0.5) is 5.69 Å². The summed E-state index contributed by atoms with van der Waals surface area (Å²) in [5.41, 5.74) is 1.77. The Kier molecular flexibility index (Phi) is 3.24. The molecular weight excluding hydrogens is 254 g/mol. The van der Waals surface area contributed by atoms with Crippen molar-refractivity contribution in [2.45, 2.75) is 32.6 Å². The number of rotatable bonds is 3. The number of aryl methyl sites for hydroxylation is 1. The van der Waals surface area contributed by atoms with Gasteiger partial charge in [-0.25, -0.2) is 4.79 Å². The van der Waals surface area contributed by atoms with Crippen LogP contribution in [0.2, 0.25) is 0 Å². The van der Waals surface area contributed by atoms with Crippen LogP contribution < -0.4 is 5.32 Å². The third-order valence-electron chi connectivity index (χ3n) is 4.81. The molecule has 1 amide bonds. The van der Waals surface area contributed by atoms with Crippen LogP contribution in [-0.2, 0) is 4.79 Å². The molecule has 0 aliphatic heterocycles. The Morgan fingerprint density at radius 3 is 2.60 bits per heavy atom. The van der Waals surface area contributed by atoms with Crippen LogP contribution >= 0.6 is 0 Å². The Labute approximate surface area is 118 Å². The molecule has 3 atom stereocenters. The highest BCUT2D eigenvalue weighted by Gasteiger charge is 2.43. The van der Waals surface area contributed by atoms with Crippen molar-refractivity contribution >= 4 is 17.6 Å². The zero-order valence-corrected chi connectivity index (χ0v) is 11.6. The summed E-state index contributed by atoms with van der Waals surface area (Å²) in [6, 6.07) is 4.81. The molecule has 3 rings (SSSR count). The van der Waals surface area contributed by atoms with E-state index in [0.717, 1.165) is 23.6 Å². The van der Waals surface area contributed by atoms with E-state index >= 15 is 0 Å². The van der Waals surface area contributed by atoms with Gasteiger partial charge in [0.05, 0.1) is 5.56 Å². The Balaban J connectivity index is 1.71. The zero-order chi connectivity index (χ0) is 14.3. The lowest BCUT2D eigenvalue weighted by Gasteiger charge is -2.21. The first kappa shape index (κ1) is 13.2. The molecule has 4 nitrogen and oxygen atoms in total. The Morgan fingerprint density at radius 2 is 2.05 bits per heavy atom. The molecular formula is C16H19NO3. The van der Waals surface area contributed by atoms with Crippen LogP contribution in [0.5, 0.6) is 0 Å². The number of aromatic carboxylic acids is 1. The van der Waals surface area contributed by atoms with Crippen LogP contribution in [0.15, 0.2) is 18.2 Å². The van der Waals surface area contributed by atoms with Crippen molar-refractivity contribution < 1.29 is 14.7 Å². The molecule has 4 heteroatoms. The van der Waals surface area contributed by atoms with Gasteiger partial charge in [-0.1, -0.05) is 6.42 Å². The van der Waals surface area contributed by atoms with Gasteiger partial charge in [-0.2, -0.15) is 0 Å². The number of carboxylic acid groups (broad SMARTS) is 1. The molecule has 20 heavy (non-hydrogen) atoms. The predicted molar refractivity (Wildman–Crippen MR) is 75.7 cm³/mol. The van der Waals surface area contributed by atoms with Gasteiger partial charge in [0, 0.05) is 11.6 Å². The maximum atomic E-state index is 12.3. The zero-order valence-electron chi connectivity index (χ0n) is 11.6. The minimum atomic E-state index is -0.945. The summed E-state index contributed by atoms with van der Waals surface area (Å²) in [6.45, 7) is 1.82. The molecule has 1 aromatic carbocycles. The van der Waals surface area contributed by atoms with Crippen molar-refractivity contribution in [3.05, 3.63) is 29.3 Å². The summed E-state index contributed by atoms with van der Waals surface area (Å²) in [7, 11) is 0. The Bertz CT molecular complexity index is 567. The molecule has 2 N–H and O–H groups in total. The number of amides is 1. The van der Waals surface area contributed by atoms with Crippen molar-refractivity contribution in [1.82, 2.24) is 0 Å². The first-order chi connectivity index (χ1) is 9.54. The van der Waals surface area contributed by atoms with E-state index in [-0.39, 0.29) is 17.4 Å². The van der Waals surface area contributed by atoms with Crippen molar-refractivity contribution in [1.29, 1.82) is 0 Å². The lowest BCUT2D eigenvalue weighted by atomic mass is 9.88. The predicted octanol–water partition coefficient (Wildman–Crippen LogP) is 3.07. The van der Waals surface area contributed by atoms with E-state index in [0.29, 0.717) is 5.92 Å². The van der Waals surface area contributed by atoms with Gasteiger partial charge in [-0.3, -0.25) is 4.79 Å². The fourth-order valence-corrected chi connectivity index (χ4v) is 3.73. The van der Waals surface area contributed by atoms with E-state index in [1.54, 1.807) is 12.1 Å². The molecule has 2 aliphatic carbocycles. The van der Waals surface area contributed by atoms with E-state index < -0.39 is 5.97 Å². The molecule has 0 radical (unpaired) electrons. The lowest BCUT2D eigenvalue weighted by Crippen LogP contribution is -2.27. The van der Waals surface area contributed by atoms with Gasteiger partial charge in [0.25, 0.3) is 0 Å². The van der Waals surface area contributed by atoms with Crippen molar-refractivity contribution in [2.24, 2.45) is 17.8 Å². The number of hydrogen-bond acceptors (Lipinski definition) is 2. The van der Waals surface area contributed by atoms with Crippen molar-refractivity contribution in [3.63, 3.8) is 0 Å². The van der Waals surface area contributed by atoms with Crippen molar-refractivity contribution in [2.75, 3.05) is 5.32 Å². The first-order valence-corrected chi connectivity index (χ1v) is 7.19. The van der Waals surface area contributed by atoms with E-state index in [1.807, 2.05) is 6.92 Å². The normalized spacial score (nSPS) is 27.6. The monoisotopic (exact) mass is 273 g/mol. The van der Waals surface area contributed by atoms with Crippen LogP contribution in [0.1, 0.15) is 41.6 Å². The number of nitrogens with one attached hydrogen (secondary N) is 1. The molecule has 0 aromatic heterocycles. The second-order valence-electron chi connectivity index (χ2n) is 6.11. The molecule has 2 aliphatic rings. The van der Waals surface area contributed by atoms with Gasteiger partial charge in [0.1, 0.15) is 0 Å². The fraction of sp³-hybridized carbons (Fsp3) is 0.500. The van der Waals surface area contributed by atoms with Crippen LogP contribution in [0, 0.1) is 24.7 Å². The Morgan fingerprint density at radius 1 is 1.25 bits per heavy atom. The molecule has 2 fully saturated rings. The number of anilines is 1. The van der Waals surface area contributed by atoms with Gasteiger partial charge in [-0.15, -0.1) is 0 Å². The molecule has 106 valence electrons. The number of benzene rings is 1. The van der Waals surface area contributed by atoms with Crippen LogP contribution in [-0.4, -0.2) is 17.0 Å². The van der Waals surface area contributed by atoms with E-state index in [4.69, 9.17) is 5.11 Å². The van der Waals surface area contributed by atoms with Gasteiger partial charge in [0.2, 0.25) is 5.91 Å². The summed E-state index contributed by atoms with van der Waals surface area (Å²) in [4.78, 5) is 23.2. The maximum Gasteiger partial charge on any atom is 0.335 e. The summed E-state index contributed by atoms with van der Waals surface area (Å²) < 4.78 is 0.